The third-order valence-electron chi connectivity index (χ3n) is 7.42. The van der Waals surface area contributed by atoms with Gasteiger partial charge in [-0.2, -0.15) is 0 Å². The molecule has 3 heterocycles. The van der Waals surface area contributed by atoms with Crippen molar-refractivity contribution in [3.8, 4) is 0 Å². The maximum absolute atomic E-state index is 13.3. The van der Waals surface area contributed by atoms with E-state index in [0.29, 0.717) is 25.1 Å². The van der Waals surface area contributed by atoms with Crippen LogP contribution in [0.25, 0.3) is 17.0 Å². The Balaban J connectivity index is 1.72. The number of carbonyl (C=O) groups excluding carboxylic acids is 4. The van der Waals surface area contributed by atoms with Crippen molar-refractivity contribution in [1.29, 1.82) is 0 Å². The van der Waals surface area contributed by atoms with Crippen molar-refractivity contribution >= 4 is 40.7 Å². The van der Waals surface area contributed by atoms with Crippen LogP contribution < -0.4 is 16.1 Å². The standard InChI is InChI=1S/C30H39N5O6/c1-17(2)25-27(38)33-24(16-36)28(39)35-14-6-7-22(34-35)26(37)31-18(3)21-11-10-20-9-8-19(15-23(20)32-21)12-13-30(4,5)29(40)41-25/h8-13,15,17-18,22,24-25,34,36H,6-7,14,16H2,1-5H3,(H,31,37)(H,33,38)/t18-,22+,24+,25+/m1/s1. The van der Waals surface area contributed by atoms with E-state index in [9.17, 15) is 24.3 Å². The monoisotopic (exact) mass is 565 g/mol. The zero-order valence-electron chi connectivity index (χ0n) is 24.1. The van der Waals surface area contributed by atoms with Gasteiger partial charge >= 0.3 is 5.97 Å². The average molecular weight is 566 g/mol. The number of hydrazine groups is 1. The fraction of sp³-hybridized carbons (Fsp3) is 0.500. The molecule has 0 unspecified atom stereocenters. The summed E-state index contributed by atoms with van der Waals surface area (Å²) in [5, 5.41) is 17.7. The van der Waals surface area contributed by atoms with E-state index in [1.54, 1.807) is 39.8 Å². The van der Waals surface area contributed by atoms with Crippen LogP contribution in [0.15, 0.2) is 36.4 Å². The zero-order valence-corrected chi connectivity index (χ0v) is 24.1. The number of hydrogen-bond acceptors (Lipinski definition) is 8. The number of nitrogens with one attached hydrogen (secondary N) is 3. The number of aliphatic hydroxyl groups excluding tert-OH is 1. The van der Waals surface area contributed by atoms with Crippen LogP contribution in [0.5, 0.6) is 0 Å². The van der Waals surface area contributed by atoms with E-state index < -0.39 is 60.0 Å². The number of hydrogen-bond donors (Lipinski definition) is 4. The van der Waals surface area contributed by atoms with Gasteiger partial charge in [-0.1, -0.05) is 44.2 Å². The molecule has 220 valence electrons. The molecule has 1 aromatic carbocycles. The van der Waals surface area contributed by atoms with E-state index >= 15 is 0 Å². The van der Waals surface area contributed by atoms with Crippen molar-refractivity contribution in [3.63, 3.8) is 0 Å². The minimum Gasteiger partial charge on any atom is -0.451 e. The molecule has 4 N–H and O–H groups in total. The Bertz CT molecular complexity index is 1360. The van der Waals surface area contributed by atoms with Gasteiger partial charge in [-0.25, -0.2) is 5.43 Å². The lowest BCUT2D eigenvalue weighted by molar-refractivity contribution is -0.165. The highest BCUT2D eigenvalue weighted by molar-refractivity contribution is 5.92. The van der Waals surface area contributed by atoms with E-state index in [1.165, 1.54) is 5.01 Å². The molecule has 11 heteroatoms. The highest BCUT2D eigenvalue weighted by atomic mass is 16.5. The highest BCUT2D eigenvalue weighted by Crippen LogP contribution is 2.25. The van der Waals surface area contributed by atoms with Crippen molar-refractivity contribution in [2.45, 2.75) is 71.7 Å². The lowest BCUT2D eigenvalue weighted by Crippen LogP contribution is -2.62. The van der Waals surface area contributed by atoms with Crippen molar-refractivity contribution < 1.29 is 29.0 Å². The van der Waals surface area contributed by atoms with Gasteiger partial charge in [-0.15, -0.1) is 0 Å². The number of aromatic nitrogens is 1. The summed E-state index contributed by atoms with van der Waals surface area (Å²) in [5.74, 6) is -2.60. The van der Waals surface area contributed by atoms with Gasteiger partial charge in [-0.3, -0.25) is 29.2 Å². The number of pyridine rings is 1. The fourth-order valence-corrected chi connectivity index (χ4v) is 4.78. The number of nitrogens with zero attached hydrogens (tertiary/aromatic N) is 2. The number of carbonyl (C=O) groups is 4. The number of fused-ring (bicyclic) bond motifs is 4. The molecule has 1 saturated heterocycles. The number of esters is 1. The first kappa shape index (κ1) is 30.1. The van der Waals surface area contributed by atoms with Crippen molar-refractivity contribution in [1.82, 2.24) is 26.1 Å². The fourth-order valence-electron chi connectivity index (χ4n) is 4.78. The molecule has 3 amide bonds. The number of benzene rings is 1. The number of cyclic esters (lactones) is 1. The topological polar surface area (TPSA) is 150 Å². The Morgan fingerprint density at radius 2 is 1.83 bits per heavy atom. The van der Waals surface area contributed by atoms with Crippen LogP contribution in [-0.2, 0) is 23.9 Å². The van der Waals surface area contributed by atoms with Gasteiger partial charge < -0.3 is 20.5 Å². The summed E-state index contributed by atoms with van der Waals surface area (Å²) in [6.07, 6.45) is 3.36. The molecule has 1 aromatic heterocycles. The quantitative estimate of drug-likeness (QED) is 0.404. The molecule has 2 aliphatic heterocycles. The Morgan fingerprint density at radius 3 is 2.54 bits per heavy atom. The first-order valence-corrected chi connectivity index (χ1v) is 14.0. The maximum Gasteiger partial charge on any atom is 0.316 e. The first-order chi connectivity index (χ1) is 19.4. The van der Waals surface area contributed by atoms with Gasteiger partial charge in [-0.05, 0) is 57.2 Å². The SMILES string of the molecule is CC(C)[C@@H]1OC(=O)C(C)(C)C=Cc2ccc3ccc(nc3c2)[C@@H](C)NC(=O)[C@@H]2CCCN(N2)C(=O)[C@H](CO)NC1=O. The molecule has 2 aromatic rings. The summed E-state index contributed by atoms with van der Waals surface area (Å²) in [5.41, 5.74) is 4.09. The second-order valence-corrected chi connectivity index (χ2v) is 11.6. The van der Waals surface area contributed by atoms with Crippen molar-refractivity contribution in [3.05, 3.63) is 47.7 Å². The molecule has 11 nitrogen and oxygen atoms in total. The smallest absolute Gasteiger partial charge is 0.316 e. The van der Waals surface area contributed by atoms with Crippen LogP contribution in [0.1, 0.15) is 64.8 Å². The maximum atomic E-state index is 13.3. The molecule has 0 saturated carbocycles. The predicted octanol–water partition coefficient (Wildman–Crippen LogP) is 2.01. The molecular formula is C30H39N5O6. The van der Waals surface area contributed by atoms with Crippen LogP contribution >= 0.6 is 0 Å². The number of amides is 3. The Labute approximate surface area is 239 Å². The third kappa shape index (κ3) is 6.91. The molecule has 0 aliphatic carbocycles. The lowest BCUT2D eigenvalue weighted by atomic mass is 9.92. The summed E-state index contributed by atoms with van der Waals surface area (Å²) in [6, 6.07) is 7.17. The van der Waals surface area contributed by atoms with Gasteiger partial charge in [0, 0.05) is 11.9 Å². The molecule has 1 fully saturated rings. The molecule has 5 bridgehead atoms. The van der Waals surface area contributed by atoms with Crippen LogP contribution in [-0.4, -0.2) is 70.1 Å². The van der Waals surface area contributed by atoms with E-state index in [4.69, 9.17) is 9.72 Å². The number of rotatable bonds is 2. The highest BCUT2D eigenvalue weighted by Gasteiger charge is 2.37. The van der Waals surface area contributed by atoms with Crippen LogP contribution in [0.2, 0.25) is 0 Å². The van der Waals surface area contributed by atoms with Crippen LogP contribution in [0, 0.1) is 11.3 Å². The van der Waals surface area contributed by atoms with Gasteiger partial charge in [0.05, 0.1) is 29.3 Å². The van der Waals surface area contributed by atoms with Gasteiger partial charge in [0.25, 0.3) is 11.8 Å². The minimum absolute atomic E-state index is 0.293. The summed E-state index contributed by atoms with van der Waals surface area (Å²) < 4.78 is 5.66. The van der Waals surface area contributed by atoms with E-state index in [0.717, 1.165) is 16.5 Å². The van der Waals surface area contributed by atoms with E-state index in [2.05, 4.69) is 16.1 Å². The number of aliphatic hydroxyl groups is 1. The molecule has 4 rings (SSSR count). The van der Waals surface area contributed by atoms with Crippen molar-refractivity contribution in [2.24, 2.45) is 11.3 Å². The predicted molar refractivity (Wildman–Crippen MR) is 153 cm³/mol. The first-order valence-electron chi connectivity index (χ1n) is 14.0. The van der Waals surface area contributed by atoms with Crippen LogP contribution in [0.4, 0.5) is 0 Å². The molecule has 0 spiro atoms. The number of ether oxygens (including phenoxy) is 1. The normalized spacial score (nSPS) is 26.1. The summed E-state index contributed by atoms with van der Waals surface area (Å²) in [6.45, 7) is 8.30. The van der Waals surface area contributed by atoms with E-state index in [1.807, 2.05) is 37.3 Å². The van der Waals surface area contributed by atoms with E-state index in [-0.39, 0.29) is 5.91 Å². The molecular weight excluding hydrogens is 526 g/mol. The zero-order chi connectivity index (χ0) is 29.9. The Morgan fingerprint density at radius 1 is 1.10 bits per heavy atom. The molecule has 4 atom stereocenters. The Kier molecular flexibility index (Phi) is 9.08. The van der Waals surface area contributed by atoms with Crippen molar-refractivity contribution in [2.75, 3.05) is 13.2 Å². The minimum atomic E-state index is -1.29. The largest absolute Gasteiger partial charge is 0.451 e. The molecule has 2 aliphatic rings. The third-order valence-corrected chi connectivity index (χ3v) is 7.42. The summed E-state index contributed by atoms with van der Waals surface area (Å²) in [4.78, 5) is 57.6. The van der Waals surface area contributed by atoms with Gasteiger partial charge in [0.2, 0.25) is 5.91 Å². The average Bonchev–Trinajstić information content (AvgIpc) is 2.95. The molecule has 0 radical (unpaired) electrons. The second kappa shape index (κ2) is 12.4. The summed E-state index contributed by atoms with van der Waals surface area (Å²) >= 11 is 0. The van der Waals surface area contributed by atoms with Gasteiger partial charge in [0.1, 0.15) is 12.1 Å². The molecule has 41 heavy (non-hydrogen) atoms. The summed E-state index contributed by atoms with van der Waals surface area (Å²) in [7, 11) is 0. The lowest BCUT2D eigenvalue weighted by Gasteiger charge is -2.35. The van der Waals surface area contributed by atoms with Gasteiger partial charge in [0.15, 0.2) is 6.10 Å². The Hall–Kier alpha value is -3.83. The van der Waals surface area contributed by atoms with Crippen LogP contribution in [0.3, 0.4) is 0 Å². The second-order valence-electron chi connectivity index (χ2n) is 11.6.